The van der Waals surface area contributed by atoms with Crippen LogP contribution >= 0.6 is 0 Å². The maximum Gasteiger partial charge on any atom is 0.254 e. The van der Waals surface area contributed by atoms with E-state index in [2.05, 4.69) is 15.7 Å². The van der Waals surface area contributed by atoms with Gasteiger partial charge in [-0.3, -0.25) is 4.79 Å². The third kappa shape index (κ3) is 3.17. The Morgan fingerprint density at radius 2 is 2.05 bits per heavy atom. The van der Waals surface area contributed by atoms with Crippen molar-refractivity contribution in [1.82, 2.24) is 10.3 Å². The van der Waals surface area contributed by atoms with E-state index in [-0.39, 0.29) is 17.4 Å². The fourth-order valence-electron chi connectivity index (χ4n) is 2.14. The van der Waals surface area contributed by atoms with Gasteiger partial charge in [-0.1, -0.05) is 24.3 Å². The summed E-state index contributed by atoms with van der Waals surface area (Å²) in [4.78, 5) is 15.9. The van der Waals surface area contributed by atoms with Crippen molar-refractivity contribution in [2.75, 3.05) is 5.43 Å². The summed E-state index contributed by atoms with van der Waals surface area (Å²) in [5.41, 5.74) is 4.06. The van der Waals surface area contributed by atoms with Crippen molar-refractivity contribution in [1.29, 1.82) is 0 Å². The number of nitrogens with two attached hydrogens (primary N) is 1. The van der Waals surface area contributed by atoms with E-state index in [4.69, 9.17) is 5.84 Å². The fraction of sp³-hybridized carbons (Fsp3) is 0.200. The summed E-state index contributed by atoms with van der Waals surface area (Å²) >= 11 is 0. The molecule has 0 fully saturated rings. The minimum Gasteiger partial charge on any atom is -0.345 e. The van der Waals surface area contributed by atoms with Crippen molar-refractivity contribution >= 4 is 11.7 Å². The highest BCUT2D eigenvalue weighted by Crippen LogP contribution is 2.19. The minimum atomic E-state index is -0.769. The molecule has 2 aromatic rings. The highest BCUT2D eigenvalue weighted by Gasteiger charge is 2.18. The van der Waals surface area contributed by atoms with E-state index in [0.717, 1.165) is 11.1 Å². The fourth-order valence-corrected chi connectivity index (χ4v) is 2.14. The Labute approximate surface area is 122 Å². The van der Waals surface area contributed by atoms with Crippen LogP contribution in [0, 0.1) is 12.7 Å². The second kappa shape index (κ2) is 6.32. The van der Waals surface area contributed by atoms with Crippen molar-refractivity contribution in [2.45, 2.75) is 19.9 Å². The van der Waals surface area contributed by atoms with E-state index in [9.17, 15) is 9.18 Å². The van der Waals surface area contributed by atoms with Crippen molar-refractivity contribution < 1.29 is 9.18 Å². The molecule has 1 aromatic heterocycles. The highest BCUT2D eigenvalue weighted by molar-refractivity contribution is 5.95. The SMILES string of the molecule is Cc1ccccc1C(C)NC(=O)c1ccnc(NN)c1F. The lowest BCUT2D eigenvalue weighted by Gasteiger charge is -2.17. The Kier molecular flexibility index (Phi) is 4.49. The number of hydrazine groups is 1. The molecule has 1 amide bonds. The number of benzene rings is 1. The first kappa shape index (κ1) is 14.9. The zero-order chi connectivity index (χ0) is 15.4. The molecule has 2 rings (SSSR count). The number of nitrogens with zero attached hydrogens (tertiary/aromatic N) is 1. The number of halogens is 1. The van der Waals surface area contributed by atoms with Crippen LogP contribution in [0.25, 0.3) is 0 Å². The number of pyridine rings is 1. The monoisotopic (exact) mass is 288 g/mol. The van der Waals surface area contributed by atoms with Gasteiger partial charge in [-0.2, -0.15) is 0 Å². The van der Waals surface area contributed by atoms with Crippen LogP contribution in [0.3, 0.4) is 0 Å². The van der Waals surface area contributed by atoms with Crippen molar-refractivity contribution in [3.05, 3.63) is 59.0 Å². The average molecular weight is 288 g/mol. The number of hydrogen-bond donors (Lipinski definition) is 3. The Balaban J connectivity index is 2.21. The molecule has 110 valence electrons. The molecular weight excluding hydrogens is 271 g/mol. The molecule has 0 aliphatic rings. The minimum absolute atomic E-state index is 0.0987. The largest absolute Gasteiger partial charge is 0.345 e. The third-order valence-corrected chi connectivity index (χ3v) is 3.27. The summed E-state index contributed by atoms with van der Waals surface area (Å²) in [6, 6.07) is 8.79. The molecule has 1 heterocycles. The molecule has 5 nitrogen and oxygen atoms in total. The molecular formula is C15H17FN4O. The van der Waals surface area contributed by atoms with E-state index in [1.165, 1.54) is 12.3 Å². The van der Waals surface area contributed by atoms with Crippen LogP contribution in [-0.2, 0) is 0 Å². The molecule has 0 bridgehead atoms. The first-order chi connectivity index (χ1) is 10.0. The number of anilines is 1. The molecule has 1 aromatic carbocycles. The number of carbonyl (C=O) groups is 1. The number of hydrogen-bond acceptors (Lipinski definition) is 4. The molecule has 1 atom stereocenters. The molecule has 4 N–H and O–H groups in total. The second-order valence-corrected chi connectivity index (χ2v) is 4.72. The van der Waals surface area contributed by atoms with Gasteiger partial charge >= 0.3 is 0 Å². The Morgan fingerprint density at radius 1 is 1.33 bits per heavy atom. The van der Waals surface area contributed by atoms with E-state index in [1.807, 2.05) is 38.1 Å². The topological polar surface area (TPSA) is 80.0 Å². The molecule has 0 spiro atoms. The molecule has 0 aliphatic carbocycles. The van der Waals surface area contributed by atoms with E-state index in [1.54, 1.807) is 0 Å². The number of nitrogens with one attached hydrogen (secondary N) is 2. The molecule has 0 saturated carbocycles. The molecule has 0 saturated heterocycles. The van der Waals surface area contributed by atoms with Gasteiger partial charge in [0.15, 0.2) is 11.6 Å². The average Bonchev–Trinajstić information content (AvgIpc) is 2.47. The summed E-state index contributed by atoms with van der Waals surface area (Å²) in [5.74, 6) is 3.71. The van der Waals surface area contributed by atoms with Gasteiger partial charge in [0.1, 0.15) is 0 Å². The van der Waals surface area contributed by atoms with Gasteiger partial charge in [0.2, 0.25) is 0 Å². The second-order valence-electron chi connectivity index (χ2n) is 4.72. The van der Waals surface area contributed by atoms with Crippen LogP contribution in [0.2, 0.25) is 0 Å². The van der Waals surface area contributed by atoms with Crippen molar-refractivity contribution in [2.24, 2.45) is 5.84 Å². The molecule has 0 aliphatic heterocycles. The van der Waals surface area contributed by atoms with Gasteiger partial charge in [-0.25, -0.2) is 15.2 Å². The van der Waals surface area contributed by atoms with Gasteiger partial charge in [0.05, 0.1) is 11.6 Å². The lowest BCUT2D eigenvalue weighted by atomic mass is 10.0. The Morgan fingerprint density at radius 3 is 2.71 bits per heavy atom. The zero-order valence-electron chi connectivity index (χ0n) is 11.9. The first-order valence-electron chi connectivity index (χ1n) is 6.52. The van der Waals surface area contributed by atoms with Crippen LogP contribution in [0.4, 0.5) is 10.2 Å². The highest BCUT2D eigenvalue weighted by atomic mass is 19.1. The summed E-state index contributed by atoms with van der Waals surface area (Å²) in [6.07, 6.45) is 1.33. The summed E-state index contributed by atoms with van der Waals surface area (Å²) in [5, 5.41) is 2.77. The van der Waals surface area contributed by atoms with E-state index >= 15 is 0 Å². The van der Waals surface area contributed by atoms with Crippen LogP contribution in [0.15, 0.2) is 36.5 Å². The van der Waals surface area contributed by atoms with Gasteiger partial charge in [0, 0.05) is 6.20 Å². The first-order valence-corrected chi connectivity index (χ1v) is 6.52. The lowest BCUT2D eigenvalue weighted by Crippen LogP contribution is -2.28. The van der Waals surface area contributed by atoms with Gasteiger partial charge < -0.3 is 10.7 Å². The van der Waals surface area contributed by atoms with E-state index < -0.39 is 11.7 Å². The van der Waals surface area contributed by atoms with Crippen molar-refractivity contribution in [3.63, 3.8) is 0 Å². The maximum atomic E-state index is 14.0. The smallest absolute Gasteiger partial charge is 0.254 e. The molecule has 6 heteroatoms. The number of aromatic nitrogens is 1. The molecule has 1 unspecified atom stereocenters. The molecule has 0 radical (unpaired) electrons. The summed E-state index contributed by atoms with van der Waals surface area (Å²) < 4.78 is 14.0. The zero-order valence-corrected chi connectivity index (χ0v) is 11.9. The van der Waals surface area contributed by atoms with E-state index in [0.29, 0.717) is 0 Å². The van der Waals surface area contributed by atoms with Gasteiger partial charge in [-0.15, -0.1) is 0 Å². The number of nitrogen functional groups attached to an aromatic ring is 1. The Hall–Kier alpha value is -2.47. The third-order valence-electron chi connectivity index (χ3n) is 3.27. The number of carbonyl (C=O) groups excluding carboxylic acids is 1. The van der Waals surface area contributed by atoms with Crippen LogP contribution in [0.5, 0.6) is 0 Å². The van der Waals surface area contributed by atoms with Gasteiger partial charge in [0.25, 0.3) is 5.91 Å². The number of rotatable bonds is 4. The molecule has 21 heavy (non-hydrogen) atoms. The number of amides is 1. The van der Waals surface area contributed by atoms with Crippen LogP contribution < -0.4 is 16.6 Å². The Bertz CT molecular complexity index is 660. The predicted octanol–water partition coefficient (Wildman–Crippen LogP) is 2.31. The summed E-state index contributed by atoms with van der Waals surface area (Å²) in [7, 11) is 0. The van der Waals surface area contributed by atoms with Crippen molar-refractivity contribution in [3.8, 4) is 0 Å². The number of aryl methyl sites for hydroxylation is 1. The predicted molar refractivity (Wildman–Crippen MR) is 79.1 cm³/mol. The van der Waals surface area contributed by atoms with Crippen LogP contribution in [-0.4, -0.2) is 10.9 Å². The normalized spacial score (nSPS) is 11.8. The lowest BCUT2D eigenvalue weighted by molar-refractivity contribution is 0.0935. The van der Waals surface area contributed by atoms with Gasteiger partial charge in [-0.05, 0) is 31.0 Å². The summed E-state index contributed by atoms with van der Waals surface area (Å²) in [6.45, 7) is 3.81. The maximum absolute atomic E-state index is 14.0. The standard InChI is InChI=1S/C15H17FN4O/c1-9-5-3-4-6-11(9)10(2)19-15(21)12-7-8-18-14(20-17)13(12)16/h3-8,10H,17H2,1-2H3,(H,18,20)(H,19,21). The quantitative estimate of drug-likeness (QED) is 0.596. The van der Waals surface area contributed by atoms with Crippen LogP contribution in [0.1, 0.15) is 34.5 Å².